The molecule has 0 amide bonds. The lowest BCUT2D eigenvalue weighted by Crippen LogP contribution is -1.99. The molecule has 0 atom stereocenters. The minimum absolute atomic E-state index is 0.0486. The van der Waals surface area contributed by atoms with E-state index in [1.54, 1.807) is 0 Å². The average Bonchev–Trinajstić information content (AvgIpc) is 2.71. The Morgan fingerprint density at radius 2 is 2.25 bits per heavy atom. The number of carbonyl (C=O) groups is 1. The molecule has 16 heavy (non-hydrogen) atoms. The van der Waals surface area contributed by atoms with Gasteiger partial charge >= 0.3 is 5.97 Å². The SMILES string of the molecule is O=C(O)c1cn(-c2cccc(Cl)c2F)nn1. The molecule has 0 fully saturated rings. The molecule has 0 saturated carbocycles. The van der Waals surface area contributed by atoms with Gasteiger partial charge in [0.2, 0.25) is 0 Å². The lowest BCUT2D eigenvalue weighted by atomic mass is 10.3. The summed E-state index contributed by atoms with van der Waals surface area (Å²) in [5, 5.41) is 15.4. The van der Waals surface area contributed by atoms with Crippen LogP contribution in [0.4, 0.5) is 4.39 Å². The van der Waals surface area contributed by atoms with Crippen molar-refractivity contribution in [2.45, 2.75) is 0 Å². The highest BCUT2D eigenvalue weighted by molar-refractivity contribution is 6.30. The van der Waals surface area contributed by atoms with Gasteiger partial charge in [-0.3, -0.25) is 0 Å². The van der Waals surface area contributed by atoms with E-state index in [1.807, 2.05) is 0 Å². The summed E-state index contributed by atoms with van der Waals surface area (Å²) < 4.78 is 14.5. The molecular weight excluding hydrogens is 237 g/mol. The maximum absolute atomic E-state index is 13.5. The van der Waals surface area contributed by atoms with Crippen molar-refractivity contribution in [1.82, 2.24) is 15.0 Å². The Balaban J connectivity index is 2.50. The van der Waals surface area contributed by atoms with Crippen LogP contribution in [0.2, 0.25) is 5.02 Å². The van der Waals surface area contributed by atoms with Crippen LogP contribution in [0.15, 0.2) is 24.4 Å². The topological polar surface area (TPSA) is 68.0 Å². The number of aromatic nitrogens is 3. The highest BCUT2D eigenvalue weighted by atomic mass is 35.5. The molecule has 0 radical (unpaired) electrons. The quantitative estimate of drug-likeness (QED) is 0.870. The highest BCUT2D eigenvalue weighted by Crippen LogP contribution is 2.20. The van der Waals surface area contributed by atoms with Gasteiger partial charge in [0.15, 0.2) is 11.5 Å². The largest absolute Gasteiger partial charge is 0.476 e. The van der Waals surface area contributed by atoms with Crippen LogP contribution in [0, 0.1) is 5.82 Å². The number of rotatable bonds is 2. The van der Waals surface area contributed by atoms with E-state index < -0.39 is 11.8 Å². The standard InChI is InChI=1S/C9H5ClFN3O2/c10-5-2-1-3-7(8(5)11)14-4-6(9(15)16)12-13-14/h1-4H,(H,15,16). The van der Waals surface area contributed by atoms with E-state index >= 15 is 0 Å². The lowest BCUT2D eigenvalue weighted by molar-refractivity contribution is 0.0690. The summed E-state index contributed by atoms with van der Waals surface area (Å²) in [6, 6.07) is 4.33. The van der Waals surface area contributed by atoms with Crippen molar-refractivity contribution < 1.29 is 14.3 Å². The molecule has 1 aromatic heterocycles. The predicted molar refractivity (Wildman–Crippen MR) is 53.3 cm³/mol. The number of carboxylic acid groups (broad SMARTS) is 1. The number of benzene rings is 1. The third-order valence-electron chi connectivity index (χ3n) is 1.89. The minimum Gasteiger partial charge on any atom is -0.476 e. The molecule has 0 aliphatic carbocycles. The van der Waals surface area contributed by atoms with Gasteiger partial charge in [-0.15, -0.1) is 5.10 Å². The van der Waals surface area contributed by atoms with Gasteiger partial charge in [0.25, 0.3) is 0 Å². The molecule has 0 saturated heterocycles. The van der Waals surface area contributed by atoms with Gasteiger partial charge in [0.05, 0.1) is 11.2 Å². The Morgan fingerprint density at radius 1 is 1.50 bits per heavy atom. The normalized spacial score (nSPS) is 10.4. The molecular formula is C9H5ClFN3O2. The Hall–Kier alpha value is -1.95. The van der Waals surface area contributed by atoms with Crippen LogP contribution in [0.3, 0.4) is 0 Å². The van der Waals surface area contributed by atoms with E-state index in [-0.39, 0.29) is 16.4 Å². The van der Waals surface area contributed by atoms with Crippen LogP contribution in [0.5, 0.6) is 0 Å². The van der Waals surface area contributed by atoms with Gasteiger partial charge in [-0.25, -0.2) is 13.9 Å². The Morgan fingerprint density at radius 3 is 2.88 bits per heavy atom. The summed E-state index contributed by atoms with van der Waals surface area (Å²) >= 11 is 5.58. The summed E-state index contributed by atoms with van der Waals surface area (Å²) in [5.74, 6) is -1.90. The van der Waals surface area contributed by atoms with Gasteiger partial charge in [-0.1, -0.05) is 22.9 Å². The van der Waals surface area contributed by atoms with Crippen molar-refractivity contribution in [3.05, 3.63) is 40.9 Å². The average molecular weight is 242 g/mol. The zero-order valence-electron chi connectivity index (χ0n) is 7.76. The number of halogens is 2. The Kier molecular flexibility index (Phi) is 2.57. The van der Waals surface area contributed by atoms with Crippen molar-refractivity contribution in [3.8, 4) is 5.69 Å². The summed E-state index contributed by atoms with van der Waals surface area (Å²) in [5.41, 5.74) is -0.216. The van der Waals surface area contributed by atoms with Gasteiger partial charge in [-0.2, -0.15) is 0 Å². The fourth-order valence-corrected chi connectivity index (χ4v) is 1.32. The van der Waals surface area contributed by atoms with E-state index in [4.69, 9.17) is 16.7 Å². The van der Waals surface area contributed by atoms with Crippen molar-refractivity contribution in [1.29, 1.82) is 0 Å². The zero-order valence-corrected chi connectivity index (χ0v) is 8.52. The van der Waals surface area contributed by atoms with E-state index in [0.717, 1.165) is 10.9 Å². The number of hydrogen-bond donors (Lipinski definition) is 1. The molecule has 82 valence electrons. The summed E-state index contributed by atoms with van der Waals surface area (Å²) in [4.78, 5) is 10.6. The van der Waals surface area contributed by atoms with Crippen molar-refractivity contribution in [3.63, 3.8) is 0 Å². The molecule has 0 spiro atoms. The lowest BCUT2D eigenvalue weighted by Gasteiger charge is -2.02. The van der Waals surface area contributed by atoms with Gasteiger partial charge in [0.1, 0.15) is 5.69 Å². The fraction of sp³-hybridized carbons (Fsp3) is 0. The van der Waals surface area contributed by atoms with Crippen LogP contribution < -0.4 is 0 Å². The molecule has 0 unspecified atom stereocenters. The first-order valence-corrected chi connectivity index (χ1v) is 4.57. The minimum atomic E-state index is -1.23. The molecule has 1 heterocycles. The summed E-state index contributed by atoms with van der Waals surface area (Å²) in [6.45, 7) is 0. The van der Waals surface area contributed by atoms with E-state index in [0.29, 0.717) is 0 Å². The molecule has 1 aromatic carbocycles. The number of hydrogen-bond acceptors (Lipinski definition) is 3. The first-order chi connectivity index (χ1) is 7.59. The van der Waals surface area contributed by atoms with E-state index in [2.05, 4.69) is 10.3 Å². The highest BCUT2D eigenvalue weighted by Gasteiger charge is 2.13. The summed E-state index contributed by atoms with van der Waals surface area (Å²) in [6.07, 6.45) is 1.11. The second kappa shape index (κ2) is 3.90. The van der Waals surface area contributed by atoms with Crippen LogP contribution in [0.1, 0.15) is 10.5 Å². The molecule has 1 N–H and O–H groups in total. The van der Waals surface area contributed by atoms with Crippen LogP contribution in [0.25, 0.3) is 5.69 Å². The third kappa shape index (κ3) is 1.74. The maximum Gasteiger partial charge on any atom is 0.358 e. The summed E-state index contributed by atoms with van der Waals surface area (Å²) in [7, 11) is 0. The Labute approximate surface area is 94.1 Å². The second-order valence-electron chi connectivity index (χ2n) is 2.93. The predicted octanol–water partition coefficient (Wildman–Crippen LogP) is 1.76. The Bertz CT molecular complexity index is 555. The maximum atomic E-state index is 13.5. The molecule has 2 rings (SSSR count). The van der Waals surface area contributed by atoms with Crippen molar-refractivity contribution in [2.75, 3.05) is 0 Å². The first kappa shape index (κ1) is 10.6. The number of nitrogens with zero attached hydrogens (tertiary/aromatic N) is 3. The fourth-order valence-electron chi connectivity index (χ4n) is 1.15. The van der Waals surface area contributed by atoms with E-state index in [1.165, 1.54) is 18.2 Å². The van der Waals surface area contributed by atoms with Crippen LogP contribution >= 0.6 is 11.6 Å². The number of aromatic carboxylic acids is 1. The van der Waals surface area contributed by atoms with Gasteiger partial charge < -0.3 is 5.11 Å². The smallest absolute Gasteiger partial charge is 0.358 e. The van der Waals surface area contributed by atoms with Crippen molar-refractivity contribution >= 4 is 17.6 Å². The molecule has 5 nitrogen and oxygen atoms in total. The molecule has 0 aliphatic heterocycles. The van der Waals surface area contributed by atoms with Crippen LogP contribution in [-0.2, 0) is 0 Å². The first-order valence-electron chi connectivity index (χ1n) is 4.19. The van der Waals surface area contributed by atoms with E-state index in [9.17, 15) is 9.18 Å². The molecule has 2 aromatic rings. The second-order valence-corrected chi connectivity index (χ2v) is 3.33. The van der Waals surface area contributed by atoms with Gasteiger partial charge in [-0.05, 0) is 12.1 Å². The third-order valence-corrected chi connectivity index (χ3v) is 2.18. The molecule has 0 aliphatic rings. The zero-order chi connectivity index (χ0) is 11.7. The van der Waals surface area contributed by atoms with Gasteiger partial charge in [0, 0.05) is 0 Å². The van der Waals surface area contributed by atoms with Crippen molar-refractivity contribution in [2.24, 2.45) is 0 Å². The number of carboxylic acids is 1. The van der Waals surface area contributed by atoms with Crippen LogP contribution in [-0.4, -0.2) is 26.1 Å². The molecule has 7 heteroatoms. The molecule has 0 bridgehead atoms. The monoisotopic (exact) mass is 241 g/mol.